The maximum atomic E-state index is 11.4. The standard InChI is InChI=1S/C15H20N4O.C15H18N4.C14H18IN3.C7H9IN2.C7H8IN.C7H11NO/c1-9-5-6-10(7-11(9)14(17)20)19-13(16)8-12(18-19)15(2,3)4;1-10-5-6-12(7-11(10)9-16)19-14(17)8-13(18-19)15(2,3)4;1-9-5-6-10(7-11(9)15)18-13(16)8-12(17-18)14(2,3)4;1-5-2-3-6(10-9)4-7(5)8;1-5-2-3-6(9)4-7(5)8;1-7(2,3)6(9)4-5-8/h5-8H,16H2,1-4H3,(H2,17,20);5-8H,17H2,1-4H3;5-8H,16H2,1-4H3;2-4,10H,9H2,1H3;2-4H,9H2,1H3;4H2,1-3H3. The third-order valence-corrected chi connectivity index (χ3v) is 16.3. The Morgan fingerprint density at radius 2 is 0.871 bits per heavy atom. The van der Waals surface area contributed by atoms with Crippen LogP contribution in [0, 0.1) is 73.4 Å². The van der Waals surface area contributed by atoms with Crippen molar-refractivity contribution in [2.24, 2.45) is 17.0 Å². The number of hydrazine groups is 1. The highest BCUT2D eigenvalue weighted by atomic mass is 127. The summed E-state index contributed by atoms with van der Waals surface area (Å²) in [5.41, 5.74) is 45.0. The zero-order valence-corrected chi connectivity index (χ0v) is 58.6. The summed E-state index contributed by atoms with van der Waals surface area (Å²) >= 11 is 6.88. The van der Waals surface area contributed by atoms with E-state index in [0.717, 1.165) is 56.6 Å². The minimum absolute atomic E-state index is 0.00463. The average molecular weight is 1490 g/mol. The van der Waals surface area contributed by atoms with Crippen LogP contribution in [0.15, 0.2) is 109 Å². The lowest BCUT2D eigenvalue weighted by Gasteiger charge is -2.14. The predicted molar refractivity (Wildman–Crippen MR) is 375 cm³/mol. The number of hydrogen-bond acceptors (Lipinski definition) is 13. The number of anilines is 5. The Morgan fingerprint density at radius 1 is 0.506 bits per heavy atom. The number of benzene rings is 5. The predicted octanol–water partition coefficient (Wildman–Crippen LogP) is 14.3. The van der Waals surface area contributed by atoms with Gasteiger partial charge in [0.2, 0.25) is 5.91 Å². The Labute approximate surface area is 544 Å². The van der Waals surface area contributed by atoms with Crippen LogP contribution in [0.1, 0.15) is 150 Å². The van der Waals surface area contributed by atoms with Gasteiger partial charge < -0.3 is 34.1 Å². The van der Waals surface area contributed by atoms with Crippen LogP contribution in [-0.2, 0) is 21.0 Å². The first-order chi connectivity index (χ1) is 39.2. The van der Waals surface area contributed by atoms with Crippen molar-refractivity contribution in [3.8, 4) is 29.2 Å². The SMILES string of the molecule is CC(C)(C)C(=O)CC#N.Cc1ccc(-n2nc(C(C)(C)C)cc2N)cc1C#N.Cc1ccc(-n2nc(C(C)(C)C)cc2N)cc1C(N)=O.Cc1ccc(-n2nc(C(C)(C)C)cc2N)cc1I.Cc1ccc(N)cc1I.Cc1ccc(NN)cc1I. The van der Waals surface area contributed by atoms with Gasteiger partial charge in [0.05, 0.1) is 58.3 Å². The number of rotatable bonds is 6. The van der Waals surface area contributed by atoms with Crippen molar-refractivity contribution in [1.82, 2.24) is 29.3 Å². The highest BCUT2D eigenvalue weighted by molar-refractivity contribution is 14.1. The van der Waals surface area contributed by atoms with Crippen LogP contribution in [0.25, 0.3) is 17.1 Å². The maximum Gasteiger partial charge on any atom is 0.249 e. The minimum Gasteiger partial charge on any atom is -0.399 e. The summed E-state index contributed by atoms with van der Waals surface area (Å²) in [7, 11) is 0. The zero-order valence-electron chi connectivity index (χ0n) is 52.1. The van der Waals surface area contributed by atoms with E-state index in [4.69, 9.17) is 45.0 Å². The molecule has 452 valence electrons. The van der Waals surface area contributed by atoms with E-state index in [1.54, 1.807) is 15.4 Å². The Bertz CT molecular complexity index is 3680. The zero-order chi connectivity index (χ0) is 64.7. The Kier molecular flexibility index (Phi) is 26.3. The lowest BCUT2D eigenvalue weighted by Crippen LogP contribution is -2.18. The van der Waals surface area contributed by atoms with Crippen LogP contribution in [-0.4, -0.2) is 41.0 Å². The topological polar surface area (TPSA) is 303 Å². The number of primary amides is 1. The second kappa shape index (κ2) is 30.9. The highest BCUT2D eigenvalue weighted by Gasteiger charge is 2.23. The fourth-order valence-corrected chi connectivity index (χ4v) is 8.67. The van der Waals surface area contributed by atoms with Crippen molar-refractivity contribution in [2.75, 3.05) is 28.4 Å². The Morgan fingerprint density at radius 3 is 1.19 bits per heavy atom. The molecule has 0 saturated carbocycles. The van der Waals surface area contributed by atoms with Crippen molar-refractivity contribution in [2.45, 2.75) is 140 Å². The van der Waals surface area contributed by atoms with Gasteiger partial charge in [-0.15, -0.1) is 0 Å². The summed E-state index contributed by atoms with van der Waals surface area (Å²) in [6, 6.07) is 38.9. The van der Waals surface area contributed by atoms with E-state index in [9.17, 15) is 9.59 Å². The summed E-state index contributed by atoms with van der Waals surface area (Å²) in [6.07, 6.45) is 0.0312. The number of Topliss-reactive ketones (excluding diaryl/α,β-unsaturated/α-hetero) is 1. The molecule has 8 aromatic rings. The van der Waals surface area contributed by atoms with Crippen LogP contribution >= 0.6 is 67.8 Å². The molecule has 3 heterocycles. The fraction of sp³-hybridized carbons (Fsp3) is 0.338. The molecule has 20 heteroatoms. The first kappa shape index (κ1) is 72.3. The lowest BCUT2D eigenvalue weighted by molar-refractivity contribution is -0.125. The van der Waals surface area contributed by atoms with Crippen molar-refractivity contribution in [1.29, 1.82) is 10.5 Å². The molecular formula is C65H84I3N15O2. The van der Waals surface area contributed by atoms with Crippen LogP contribution in [0.3, 0.4) is 0 Å². The largest absolute Gasteiger partial charge is 0.399 e. The second-order valence-electron chi connectivity index (χ2n) is 24.4. The maximum absolute atomic E-state index is 11.4. The molecule has 1 amide bonds. The van der Waals surface area contributed by atoms with Gasteiger partial charge in [0.15, 0.2) is 5.78 Å². The van der Waals surface area contributed by atoms with E-state index >= 15 is 0 Å². The number of carbonyl (C=O) groups is 2. The number of nitrogens with one attached hydrogen (secondary N) is 1. The number of aromatic nitrogens is 6. The normalized spacial score (nSPS) is 11.0. The Hall–Kier alpha value is -7.00. The van der Waals surface area contributed by atoms with E-state index in [-0.39, 0.29) is 33.9 Å². The van der Waals surface area contributed by atoms with Gasteiger partial charge in [0, 0.05) is 67.5 Å². The van der Waals surface area contributed by atoms with Crippen LogP contribution in [0.4, 0.5) is 28.8 Å². The third-order valence-electron chi connectivity index (χ3n) is 12.8. The highest BCUT2D eigenvalue weighted by Crippen LogP contribution is 2.29. The van der Waals surface area contributed by atoms with E-state index in [2.05, 4.69) is 190 Å². The van der Waals surface area contributed by atoms with Crippen molar-refractivity contribution in [3.63, 3.8) is 0 Å². The third kappa shape index (κ3) is 21.8. The molecule has 0 atom stereocenters. The molecular weight excluding hydrogens is 1400 g/mol. The molecule has 0 unspecified atom stereocenters. The van der Waals surface area contributed by atoms with E-state index in [1.165, 1.54) is 27.4 Å². The number of amides is 1. The lowest BCUT2D eigenvalue weighted by atomic mass is 9.89. The van der Waals surface area contributed by atoms with Gasteiger partial charge in [0.25, 0.3) is 0 Å². The second-order valence-corrected chi connectivity index (χ2v) is 27.9. The van der Waals surface area contributed by atoms with Gasteiger partial charge in [-0.25, -0.2) is 14.0 Å². The number of carbonyl (C=O) groups excluding carboxylic acids is 2. The fourth-order valence-electron chi connectivity index (χ4n) is 7.12. The smallest absolute Gasteiger partial charge is 0.249 e. The van der Waals surface area contributed by atoms with Crippen molar-refractivity contribution < 1.29 is 9.59 Å². The van der Waals surface area contributed by atoms with Crippen LogP contribution in [0.2, 0.25) is 0 Å². The minimum atomic E-state index is -0.453. The van der Waals surface area contributed by atoms with E-state index in [1.807, 2.05) is 136 Å². The monoisotopic (exact) mass is 1490 g/mol. The van der Waals surface area contributed by atoms with E-state index in [0.29, 0.717) is 28.6 Å². The molecule has 0 bridgehead atoms. The summed E-state index contributed by atoms with van der Waals surface area (Å²) in [5, 5.41) is 30.9. The summed E-state index contributed by atoms with van der Waals surface area (Å²) in [4.78, 5) is 22.3. The molecule has 5 aromatic carbocycles. The van der Waals surface area contributed by atoms with E-state index < -0.39 is 5.91 Å². The van der Waals surface area contributed by atoms with Gasteiger partial charge in [-0.1, -0.05) is 113 Å². The van der Waals surface area contributed by atoms with Gasteiger partial charge in [-0.05, 0) is 191 Å². The quantitative estimate of drug-likeness (QED) is 0.0353. The molecule has 0 spiro atoms. The molecule has 0 aliphatic heterocycles. The molecule has 0 aliphatic carbocycles. The molecule has 17 nitrogen and oxygen atoms in total. The van der Waals surface area contributed by atoms with Gasteiger partial charge in [-0.3, -0.25) is 15.4 Å². The average Bonchev–Trinajstić information content (AvgIpc) is 3.03. The van der Waals surface area contributed by atoms with Gasteiger partial charge >= 0.3 is 0 Å². The molecule has 0 aliphatic rings. The number of halogens is 3. The number of nitriles is 2. The first-order valence-electron chi connectivity index (χ1n) is 27.1. The van der Waals surface area contributed by atoms with Gasteiger partial charge in [0.1, 0.15) is 17.5 Å². The van der Waals surface area contributed by atoms with Crippen LogP contribution in [0.5, 0.6) is 0 Å². The number of nitrogen functional groups attached to an aromatic ring is 5. The Balaban J connectivity index is 0.000000276. The number of ketones is 1. The first-order valence-corrected chi connectivity index (χ1v) is 30.4. The van der Waals surface area contributed by atoms with Crippen molar-refractivity contribution >= 4 is 108 Å². The number of aryl methyl sites for hydroxylation is 5. The molecule has 13 N–H and O–H groups in total. The molecule has 0 radical (unpaired) electrons. The molecule has 0 fully saturated rings. The molecule has 85 heavy (non-hydrogen) atoms. The number of hydrogen-bond donors (Lipinski definition) is 7. The summed E-state index contributed by atoms with van der Waals surface area (Å²) < 4.78 is 8.80. The number of nitrogens with two attached hydrogens (primary N) is 6. The summed E-state index contributed by atoms with van der Waals surface area (Å²) in [6.45, 7) is 34.3. The van der Waals surface area contributed by atoms with Crippen LogP contribution < -0.4 is 39.9 Å². The molecule has 0 saturated heterocycles. The number of nitrogens with zero attached hydrogens (tertiary/aromatic N) is 8. The van der Waals surface area contributed by atoms with Gasteiger partial charge in [-0.2, -0.15) is 25.8 Å². The van der Waals surface area contributed by atoms with Crippen molar-refractivity contribution in [3.05, 3.63) is 176 Å². The molecule has 3 aromatic heterocycles. The summed E-state index contributed by atoms with van der Waals surface area (Å²) in [5.74, 6) is 6.57. The molecule has 8 rings (SSSR count).